The van der Waals surface area contributed by atoms with Gasteiger partial charge < -0.3 is 9.80 Å². The second-order valence-corrected chi connectivity index (χ2v) is 27.0. The Morgan fingerprint density at radius 2 is 1.06 bits per heavy atom. The van der Waals surface area contributed by atoms with Crippen LogP contribution in [0.4, 0.5) is 34.1 Å². The van der Waals surface area contributed by atoms with E-state index in [4.69, 9.17) is 0 Å². The van der Waals surface area contributed by atoms with E-state index in [2.05, 4.69) is 275 Å². The van der Waals surface area contributed by atoms with Crippen molar-refractivity contribution in [2.24, 2.45) is 0 Å². The van der Waals surface area contributed by atoms with Crippen molar-refractivity contribution in [3.8, 4) is 33.4 Å². The third-order valence-corrected chi connectivity index (χ3v) is 18.9. The van der Waals surface area contributed by atoms with Crippen LogP contribution in [0.1, 0.15) is 132 Å². The standard InChI is InChI=1S/C73H67BN2S/c1-43(2)45-29-35-52-53-41-54-65(42-60(53)73(59(52)39-45)55-25-18-16-23-50(55)51-24-17-19-26-56(51)73)77-69-68(54)76(49-33-31-47(32-34-49)70(4,5)6)64-38-44(3)37-63-67(64)74(69)61-36-30-46(40-62(61)75(63)48-21-14-13-15-22-48)66-57(71(7,8)9)27-20-28-58(66)72(10,11)12/h13-43H,1-12H3. The van der Waals surface area contributed by atoms with Gasteiger partial charge in [0, 0.05) is 43.3 Å². The van der Waals surface area contributed by atoms with E-state index in [1.165, 1.54) is 143 Å². The van der Waals surface area contributed by atoms with Crippen LogP contribution in [0, 0.1) is 6.92 Å². The smallest absolute Gasteiger partial charge is 0.264 e. The maximum Gasteiger partial charge on any atom is 0.264 e. The van der Waals surface area contributed by atoms with Crippen molar-refractivity contribution in [2.45, 2.75) is 111 Å². The van der Waals surface area contributed by atoms with Gasteiger partial charge in [-0.25, -0.2) is 0 Å². The van der Waals surface area contributed by atoms with E-state index in [9.17, 15) is 0 Å². The van der Waals surface area contributed by atoms with Crippen LogP contribution in [0.2, 0.25) is 0 Å². The normalized spacial score (nSPS) is 14.6. The van der Waals surface area contributed by atoms with Crippen LogP contribution in [-0.2, 0) is 21.7 Å². The van der Waals surface area contributed by atoms with Gasteiger partial charge in [-0.2, -0.15) is 0 Å². The minimum atomic E-state index is -0.448. The molecule has 4 heteroatoms. The molecule has 4 aliphatic rings. The second-order valence-electron chi connectivity index (χ2n) is 26.0. The SMILES string of the molecule is Cc1cc2c3c(c1)N(c1ccc(C(C)(C)C)cc1)c1c(sc4cc5c(cc14)-c1ccc(C(C)C)cc1C51c4ccccc4-c4ccccc41)B3c1ccc(-c3c(C(C)(C)C)cccc3C(C)(C)C)cc1N2c1ccccc1. The fraction of sp³-hybridized carbons (Fsp3) is 0.233. The first-order valence-electron chi connectivity index (χ1n) is 28.0. The summed E-state index contributed by atoms with van der Waals surface area (Å²) in [5.74, 6) is 0.399. The van der Waals surface area contributed by atoms with Gasteiger partial charge in [-0.05, 0) is 178 Å². The van der Waals surface area contributed by atoms with Crippen LogP contribution < -0.4 is 25.5 Å². The number of nitrogens with zero attached hydrogens (tertiary/aromatic N) is 2. The minimum absolute atomic E-state index is 0.0142. The number of benzene rings is 9. The predicted molar refractivity (Wildman–Crippen MR) is 333 cm³/mol. The van der Waals surface area contributed by atoms with E-state index < -0.39 is 5.41 Å². The molecule has 0 fully saturated rings. The average Bonchev–Trinajstić information content (AvgIpc) is 4.03. The molecule has 14 rings (SSSR count). The fourth-order valence-corrected chi connectivity index (χ4v) is 15.5. The highest BCUT2D eigenvalue weighted by atomic mass is 32.1. The van der Waals surface area contributed by atoms with E-state index in [1.54, 1.807) is 0 Å². The first kappa shape index (κ1) is 48.0. The van der Waals surface area contributed by atoms with Gasteiger partial charge >= 0.3 is 0 Å². The molecule has 2 aliphatic heterocycles. The Hall–Kier alpha value is -7.40. The maximum absolute atomic E-state index is 2.65. The summed E-state index contributed by atoms with van der Waals surface area (Å²) < 4.78 is 2.72. The molecule has 0 radical (unpaired) electrons. The summed E-state index contributed by atoms with van der Waals surface area (Å²) in [6.07, 6.45) is 0. The van der Waals surface area contributed by atoms with Crippen molar-refractivity contribution in [1.82, 2.24) is 0 Å². The largest absolute Gasteiger partial charge is 0.311 e. The number of para-hydroxylation sites is 1. The number of thiophene rings is 1. The van der Waals surface area contributed by atoms with Crippen molar-refractivity contribution in [3.63, 3.8) is 0 Å². The van der Waals surface area contributed by atoms with E-state index >= 15 is 0 Å². The van der Waals surface area contributed by atoms with Crippen LogP contribution in [0.5, 0.6) is 0 Å². The van der Waals surface area contributed by atoms with Gasteiger partial charge in [0.1, 0.15) is 0 Å². The maximum atomic E-state index is 2.65. The Morgan fingerprint density at radius 3 is 1.69 bits per heavy atom. The summed E-state index contributed by atoms with van der Waals surface area (Å²) in [6, 6.07) is 71.3. The molecule has 0 amide bonds. The van der Waals surface area contributed by atoms with Gasteiger partial charge in [-0.1, -0.05) is 204 Å². The molecule has 1 spiro atoms. The zero-order chi connectivity index (χ0) is 53.2. The van der Waals surface area contributed by atoms with Gasteiger partial charge in [-0.3, -0.25) is 0 Å². The quantitative estimate of drug-likeness (QED) is 0.162. The van der Waals surface area contributed by atoms with Crippen molar-refractivity contribution in [3.05, 3.63) is 232 Å². The van der Waals surface area contributed by atoms with Crippen LogP contribution in [0.3, 0.4) is 0 Å². The van der Waals surface area contributed by atoms with Crippen molar-refractivity contribution in [1.29, 1.82) is 0 Å². The van der Waals surface area contributed by atoms with Gasteiger partial charge in [0.05, 0.1) is 11.1 Å². The lowest BCUT2D eigenvalue weighted by Gasteiger charge is -2.43. The summed E-state index contributed by atoms with van der Waals surface area (Å²) in [7, 11) is 0. The molecule has 0 saturated carbocycles. The zero-order valence-corrected chi connectivity index (χ0v) is 47.6. The Morgan fingerprint density at radius 1 is 0.481 bits per heavy atom. The minimum Gasteiger partial charge on any atom is -0.311 e. The molecule has 0 N–H and O–H groups in total. The van der Waals surface area contributed by atoms with E-state index in [1.807, 2.05) is 11.3 Å². The molecular formula is C73H67BN2S. The molecule has 3 heterocycles. The highest BCUT2D eigenvalue weighted by molar-refractivity contribution is 7.33. The zero-order valence-electron chi connectivity index (χ0n) is 46.8. The lowest BCUT2D eigenvalue weighted by Crippen LogP contribution is -2.60. The number of hydrogen-bond donors (Lipinski definition) is 0. The van der Waals surface area contributed by atoms with Crippen molar-refractivity contribution < 1.29 is 0 Å². The number of anilines is 6. The van der Waals surface area contributed by atoms with E-state index in [0.29, 0.717) is 5.92 Å². The van der Waals surface area contributed by atoms with Crippen LogP contribution >= 0.6 is 11.3 Å². The summed E-state index contributed by atoms with van der Waals surface area (Å²) in [5.41, 5.74) is 29.8. The number of hydrogen-bond acceptors (Lipinski definition) is 3. The molecule has 2 aliphatic carbocycles. The second kappa shape index (κ2) is 16.6. The molecule has 0 saturated heterocycles. The van der Waals surface area contributed by atoms with Gasteiger partial charge in [0.25, 0.3) is 6.71 Å². The molecule has 0 atom stereocenters. The Balaban J connectivity index is 1.09. The van der Waals surface area contributed by atoms with Gasteiger partial charge in [0.15, 0.2) is 0 Å². The molecule has 9 aromatic carbocycles. The first-order valence-corrected chi connectivity index (χ1v) is 28.8. The van der Waals surface area contributed by atoms with Crippen LogP contribution in [0.15, 0.2) is 182 Å². The lowest BCUT2D eigenvalue weighted by atomic mass is 9.36. The third kappa shape index (κ3) is 6.86. The van der Waals surface area contributed by atoms with Crippen molar-refractivity contribution >= 4 is 78.0 Å². The summed E-state index contributed by atoms with van der Waals surface area (Å²) >= 11 is 2.02. The molecule has 10 aromatic rings. The molecule has 77 heavy (non-hydrogen) atoms. The average molecular weight is 1020 g/mol. The fourth-order valence-electron chi connectivity index (χ4n) is 14.1. The molecule has 0 bridgehead atoms. The number of rotatable bonds is 4. The summed E-state index contributed by atoms with van der Waals surface area (Å²) in [4.78, 5) is 5.24. The topological polar surface area (TPSA) is 6.48 Å². The van der Waals surface area contributed by atoms with Crippen LogP contribution in [-0.4, -0.2) is 6.71 Å². The van der Waals surface area contributed by atoms with Gasteiger partial charge in [-0.15, -0.1) is 11.3 Å². The predicted octanol–water partition coefficient (Wildman–Crippen LogP) is 18.3. The summed E-state index contributed by atoms with van der Waals surface area (Å²) in [6.45, 7) is 28.1. The lowest BCUT2D eigenvalue weighted by molar-refractivity contribution is 0.572. The molecular weight excluding hydrogens is 948 g/mol. The first-order chi connectivity index (χ1) is 36.8. The van der Waals surface area contributed by atoms with Gasteiger partial charge in [0.2, 0.25) is 0 Å². The Labute approximate surface area is 461 Å². The summed E-state index contributed by atoms with van der Waals surface area (Å²) in [5, 5.41) is 1.31. The molecule has 0 unspecified atom stereocenters. The Kier molecular flexibility index (Phi) is 10.3. The molecule has 378 valence electrons. The third-order valence-electron chi connectivity index (χ3n) is 17.7. The van der Waals surface area contributed by atoms with E-state index in [-0.39, 0.29) is 23.0 Å². The highest BCUT2D eigenvalue weighted by Crippen LogP contribution is 2.64. The molecule has 2 nitrogen and oxygen atoms in total. The number of aryl methyl sites for hydroxylation is 1. The molecule has 1 aromatic heterocycles. The highest BCUT2D eigenvalue weighted by Gasteiger charge is 2.53. The monoisotopic (exact) mass is 1010 g/mol. The van der Waals surface area contributed by atoms with Crippen LogP contribution in [0.25, 0.3) is 43.5 Å². The van der Waals surface area contributed by atoms with Crippen molar-refractivity contribution in [2.75, 3.05) is 9.80 Å². The number of fused-ring (bicyclic) bond motifs is 16. The van der Waals surface area contributed by atoms with E-state index in [0.717, 1.165) is 0 Å². The Bertz CT molecular complexity index is 4020.